The summed E-state index contributed by atoms with van der Waals surface area (Å²) in [6, 6.07) is 5.74. The summed E-state index contributed by atoms with van der Waals surface area (Å²) in [4.78, 5) is 13.9. The van der Waals surface area contributed by atoms with Crippen molar-refractivity contribution in [1.82, 2.24) is 4.98 Å². The molecule has 0 saturated heterocycles. The second-order valence-corrected chi connectivity index (χ2v) is 3.99. The Balaban J connectivity index is 2.53. The van der Waals surface area contributed by atoms with Crippen LogP contribution in [0.15, 0.2) is 18.2 Å². The van der Waals surface area contributed by atoms with Crippen LogP contribution >= 0.6 is 0 Å². The van der Waals surface area contributed by atoms with Crippen LogP contribution in [0.5, 0.6) is 0 Å². The lowest BCUT2D eigenvalue weighted by Crippen LogP contribution is -1.97. The molecule has 0 saturated carbocycles. The molecule has 0 atom stereocenters. The van der Waals surface area contributed by atoms with Crippen LogP contribution in [0.2, 0.25) is 0 Å². The molecule has 0 aliphatic rings. The lowest BCUT2D eigenvalue weighted by molar-refractivity contribution is -0.136. The zero-order chi connectivity index (χ0) is 12.4. The van der Waals surface area contributed by atoms with Crippen molar-refractivity contribution in [2.75, 3.05) is 0 Å². The first-order chi connectivity index (χ1) is 8.13. The maximum absolute atomic E-state index is 10.6. The summed E-state index contributed by atoms with van der Waals surface area (Å²) in [7, 11) is 0. The van der Waals surface area contributed by atoms with Crippen molar-refractivity contribution in [3.8, 4) is 12.3 Å². The average Bonchev–Trinajstić information content (AvgIpc) is 2.62. The highest BCUT2D eigenvalue weighted by molar-refractivity contribution is 5.89. The molecule has 1 aromatic carbocycles. The van der Waals surface area contributed by atoms with Crippen LogP contribution in [0.4, 0.5) is 0 Å². The van der Waals surface area contributed by atoms with E-state index in [0.29, 0.717) is 6.42 Å². The minimum atomic E-state index is -0.785. The number of rotatable bonds is 3. The summed E-state index contributed by atoms with van der Waals surface area (Å²) >= 11 is 0. The smallest absolute Gasteiger partial charge is 0.303 e. The first-order valence-electron chi connectivity index (χ1n) is 5.42. The van der Waals surface area contributed by atoms with E-state index in [4.69, 9.17) is 11.5 Å². The van der Waals surface area contributed by atoms with E-state index in [9.17, 15) is 4.79 Å². The predicted octanol–water partition coefficient (Wildman–Crippen LogP) is 2.47. The molecule has 0 fully saturated rings. The summed E-state index contributed by atoms with van der Waals surface area (Å²) in [5.74, 6) is 1.84. The van der Waals surface area contributed by atoms with Gasteiger partial charge in [-0.3, -0.25) is 4.79 Å². The number of carboxylic acid groups (broad SMARTS) is 1. The van der Waals surface area contributed by atoms with Crippen molar-refractivity contribution >= 4 is 16.9 Å². The number of H-pyrrole nitrogens is 1. The van der Waals surface area contributed by atoms with E-state index < -0.39 is 5.97 Å². The maximum atomic E-state index is 10.6. The molecule has 3 heteroatoms. The summed E-state index contributed by atoms with van der Waals surface area (Å²) in [5.41, 5.74) is 3.77. The number of aliphatic carboxylic acids is 1. The molecular formula is C14H13NO2. The van der Waals surface area contributed by atoms with Crippen molar-refractivity contribution in [2.24, 2.45) is 0 Å². The van der Waals surface area contributed by atoms with Gasteiger partial charge in [0.2, 0.25) is 0 Å². The Morgan fingerprint density at radius 2 is 2.29 bits per heavy atom. The Hall–Kier alpha value is -2.21. The van der Waals surface area contributed by atoms with E-state index in [2.05, 4.69) is 10.9 Å². The molecule has 0 radical (unpaired) electrons. The summed E-state index contributed by atoms with van der Waals surface area (Å²) in [6.07, 6.45) is 6.09. The number of aromatic amines is 1. The van der Waals surface area contributed by atoms with Crippen LogP contribution in [-0.4, -0.2) is 16.1 Å². The molecule has 1 heterocycles. The molecule has 2 aromatic rings. The minimum absolute atomic E-state index is 0.133. The standard InChI is InChI=1S/C14H13NO2/c1-3-10-5-4-6-12-11(7-8-13(16)17)9(2)15-14(10)12/h1,4-6,15H,7-8H2,2H3,(H,16,17). The Kier molecular flexibility index (Phi) is 2.88. The number of hydrogen-bond acceptors (Lipinski definition) is 1. The van der Waals surface area contributed by atoms with Crippen LogP contribution in [-0.2, 0) is 11.2 Å². The molecule has 3 nitrogen and oxygen atoms in total. The molecule has 86 valence electrons. The molecule has 0 bridgehead atoms. The fraction of sp³-hybridized carbons (Fsp3) is 0.214. The molecule has 0 amide bonds. The van der Waals surface area contributed by atoms with Gasteiger partial charge in [-0.05, 0) is 25.0 Å². The highest BCUT2D eigenvalue weighted by Gasteiger charge is 2.11. The number of terminal acetylenes is 1. The van der Waals surface area contributed by atoms with E-state index in [1.165, 1.54) is 0 Å². The van der Waals surface area contributed by atoms with Gasteiger partial charge in [0.25, 0.3) is 0 Å². The number of aryl methyl sites for hydroxylation is 2. The second kappa shape index (κ2) is 4.34. The molecule has 0 aliphatic carbocycles. The highest BCUT2D eigenvalue weighted by atomic mass is 16.4. The van der Waals surface area contributed by atoms with Crippen molar-refractivity contribution in [3.05, 3.63) is 35.0 Å². The van der Waals surface area contributed by atoms with Crippen LogP contribution in [0.25, 0.3) is 10.9 Å². The fourth-order valence-corrected chi connectivity index (χ4v) is 2.08. The first kappa shape index (κ1) is 11.3. The van der Waals surface area contributed by atoms with Gasteiger partial charge >= 0.3 is 5.97 Å². The molecule has 1 aromatic heterocycles. The molecule has 0 unspecified atom stereocenters. The molecule has 0 spiro atoms. The topological polar surface area (TPSA) is 53.1 Å². The van der Waals surface area contributed by atoms with Crippen molar-refractivity contribution < 1.29 is 9.90 Å². The minimum Gasteiger partial charge on any atom is -0.481 e. The number of aromatic nitrogens is 1. The second-order valence-electron chi connectivity index (χ2n) is 3.99. The lowest BCUT2D eigenvalue weighted by Gasteiger charge is -1.99. The van der Waals surface area contributed by atoms with Crippen LogP contribution in [0, 0.1) is 19.3 Å². The third-order valence-electron chi connectivity index (χ3n) is 2.90. The third kappa shape index (κ3) is 2.02. The van der Waals surface area contributed by atoms with Crippen molar-refractivity contribution in [2.45, 2.75) is 19.8 Å². The Labute approximate surface area is 99.5 Å². The summed E-state index contributed by atoms with van der Waals surface area (Å²) in [5, 5.41) is 9.76. The SMILES string of the molecule is C#Cc1cccc2c(CCC(=O)O)c(C)[nH]c12. The maximum Gasteiger partial charge on any atom is 0.303 e. The van der Waals surface area contributed by atoms with Gasteiger partial charge in [-0.15, -0.1) is 6.42 Å². The molecule has 2 N–H and O–H groups in total. The predicted molar refractivity (Wildman–Crippen MR) is 66.9 cm³/mol. The first-order valence-corrected chi connectivity index (χ1v) is 5.42. The van der Waals surface area contributed by atoms with Gasteiger partial charge in [0, 0.05) is 23.1 Å². The van der Waals surface area contributed by atoms with Gasteiger partial charge in [0.15, 0.2) is 0 Å². The van der Waals surface area contributed by atoms with Crippen LogP contribution < -0.4 is 0 Å². The normalized spacial score (nSPS) is 10.4. The number of para-hydroxylation sites is 1. The van der Waals surface area contributed by atoms with E-state index in [0.717, 1.165) is 27.7 Å². The van der Waals surface area contributed by atoms with Gasteiger partial charge in [0.05, 0.1) is 5.52 Å². The average molecular weight is 227 g/mol. The van der Waals surface area contributed by atoms with Gasteiger partial charge in [-0.1, -0.05) is 18.1 Å². The lowest BCUT2D eigenvalue weighted by atomic mass is 10.0. The van der Waals surface area contributed by atoms with E-state index >= 15 is 0 Å². The quantitative estimate of drug-likeness (QED) is 0.791. The van der Waals surface area contributed by atoms with E-state index in [1.54, 1.807) is 0 Å². The molecule has 0 aliphatic heterocycles. The molecule has 17 heavy (non-hydrogen) atoms. The van der Waals surface area contributed by atoms with E-state index in [-0.39, 0.29) is 6.42 Å². The zero-order valence-electron chi connectivity index (χ0n) is 9.58. The number of hydrogen-bond donors (Lipinski definition) is 2. The van der Waals surface area contributed by atoms with E-state index in [1.807, 2.05) is 25.1 Å². The van der Waals surface area contributed by atoms with Crippen molar-refractivity contribution in [1.29, 1.82) is 0 Å². The molecule has 2 rings (SSSR count). The Bertz CT molecular complexity index is 617. The zero-order valence-corrected chi connectivity index (χ0v) is 9.58. The molecular weight excluding hydrogens is 214 g/mol. The summed E-state index contributed by atoms with van der Waals surface area (Å²) in [6.45, 7) is 1.94. The largest absolute Gasteiger partial charge is 0.481 e. The third-order valence-corrected chi connectivity index (χ3v) is 2.90. The van der Waals surface area contributed by atoms with Crippen molar-refractivity contribution in [3.63, 3.8) is 0 Å². The number of benzene rings is 1. The van der Waals surface area contributed by atoms with Gasteiger partial charge < -0.3 is 10.1 Å². The number of nitrogens with one attached hydrogen (secondary N) is 1. The number of fused-ring (bicyclic) bond motifs is 1. The Morgan fingerprint density at radius 3 is 2.94 bits per heavy atom. The number of carbonyl (C=O) groups is 1. The monoisotopic (exact) mass is 227 g/mol. The number of carboxylic acids is 1. The van der Waals surface area contributed by atoms with Crippen LogP contribution in [0.1, 0.15) is 23.2 Å². The fourth-order valence-electron chi connectivity index (χ4n) is 2.08. The Morgan fingerprint density at radius 1 is 1.53 bits per heavy atom. The van der Waals surface area contributed by atoms with Gasteiger partial charge in [-0.25, -0.2) is 0 Å². The van der Waals surface area contributed by atoms with Crippen LogP contribution in [0.3, 0.4) is 0 Å². The highest BCUT2D eigenvalue weighted by Crippen LogP contribution is 2.25. The van der Waals surface area contributed by atoms with Gasteiger partial charge in [-0.2, -0.15) is 0 Å². The summed E-state index contributed by atoms with van der Waals surface area (Å²) < 4.78 is 0. The van der Waals surface area contributed by atoms with Gasteiger partial charge in [0.1, 0.15) is 0 Å².